The molecule has 0 aromatic carbocycles. The minimum absolute atomic E-state index is 0.00552. The summed E-state index contributed by atoms with van der Waals surface area (Å²) in [7, 11) is 0. The summed E-state index contributed by atoms with van der Waals surface area (Å²) in [4.78, 5) is 22.6. The van der Waals surface area contributed by atoms with Gasteiger partial charge in [0, 0.05) is 12.3 Å². The van der Waals surface area contributed by atoms with Crippen molar-refractivity contribution >= 4 is 11.6 Å². The highest BCUT2D eigenvalue weighted by atomic mass is 16.1. The van der Waals surface area contributed by atoms with E-state index >= 15 is 0 Å². The lowest BCUT2D eigenvalue weighted by Crippen LogP contribution is -2.12. The normalized spacial score (nSPS) is 10.7. The number of hydrogen-bond donors (Lipinski definition) is 0. The van der Waals surface area contributed by atoms with Crippen molar-refractivity contribution < 1.29 is 9.59 Å². The predicted octanol–water partition coefficient (Wildman–Crippen LogP) is 3.53. The molecule has 0 unspecified atom stereocenters. The third kappa shape index (κ3) is 8.34. The first-order chi connectivity index (χ1) is 7.07. The van der Waals surface area contributed by atoms with Crippen molar-refractivity contribution in [3.05, 3.63) is 0 Å². The molecule has 0 amide bonds. The molecule has 88 valence electrons. The van der Waals surface area contributed by atoms with Crippen LogP contribution in [0.4, 0.5) is 0 Å². The van der Waals surface area contributed by atoms with Crippen LogP contribution in [0.2, 0.25) is 0 Å². The molecule has 0 saturated carbocycles. The van der Waals surface area contributed by atoms with Gasteiger partial charge in [-0.3, -0.25) is 9.59 Å². The molecule has 2 nitrogen and oxygen atoms in total. The monoisotopic (exact) mass is 212 g/mol. The number of carbonyl (C=O) groups excluding carboxylic acids is 2. The number of rotatable bonds is 9. The highest BCUT2D eigenvalue weighted by molar-refractivity contribution is 5.99. The standard InChI is InChI=1S/C13H24O2/c1-4-5-6-7-8-9-12(14)10-13(15)11(2)3/h11H,4-10H2,1-3H3. The topological polar surface area (TPSA) is 34.1 Å². The van der Waals surface area contributed by atoms with Gasteiger partial charge in [-0.2, -0.15) is 0 Å². The van der Waals surface area contributed by atoms with Crippen molar-refractivity contribution in [2.75, 3.05) is 0 Å². The van der Waals surface area contributed by atoms with Crippen LogP contribution in [0.25, 0.3) is 0 Å². The molecule has 0 aromatic heterocycles. The van der Waals surface area contributed by atoms with Crippen LogP contribution in [0.5, 0.6) is 0 Å². The van der Waals surface area contributed by atoms with Crippen molar-refractivity contribution in [3.8, 4) is 0 Å². The Labute approximate surface area is 93.4 Å². The zero-order chi connectivity index (χ0) is 11.7. The average molecular weight is 212 g/mol. The van der Waals surface area contributed by atoms with Crippen LogP contribution in [-0.4, -0.2) is 11.6 Å². The molecule has 0 heterocycles. The molecule has 0 spiro atoms. The first-order valence-electron chi connectivity index (χ1n) is 6.12. The molecule has 15 heavy (non-hydrogen) atoms. The first-order valence-corrected chi connectivity index (χ1v) is 6.12. The van der Waals surface area contributed by atoms with Gasteiger partial charge in [-0.05, 0) is 6.42 Å². The van der Waals surface area contributed by atoms with Crippen molar-refractivity contribution in [2.24, 2.45) is 5.92 Å². The molecule has 0 radical (unpaired) electrons. The molecule has 0 saturated heterocycles. The van der Waals surface area contributed by atoms with E-state index in [-0.39, 0.29) is 23.9 Å². The Morgan fingerprint density at radius 2 is 1.60 bits per heavy atom. The van der Waals surface area contributed by atoms with E-state index in [2.05, 4.69) is 6.92 Å². The summed E-state index contributed by atoms with van der Waals surface area (Å²) in [6.45, 7) is 5.86. The molecule has 0 aliphatic heterocycles. The lowest BCUT2D eigenvalue weighted by Gasteiger charge is -2.03. The van der Waals surface area contributed by atoms with Gasteiger partial charge in [0.2, 0.25) is 0 Å². The third-order valence-electron chi connectivity index (χ3n) is 2.57. The minimum Gasteiger partial charge on any atom is -0.299 e. The van der Waals surface area contributed by atoms with E-state index in [1.165, 1.54) is 19.3 Å². The van der Waals surface area contributed by atoms with Gasteiger partial charge in [0.25, 0.3) is 0 Å². The molecule has 2 heteroatoms. The fourth-order valence-electron chi connectivity index (χ4n) is 1.41. The van der Waals surface area contributed by atoms with Crippen LogP contribution >= 0.6 is 0 Å². The Hall–Kier alpha value is -0.660. The largest absolute Gasteiger partial charge is 0.299 e. The van der Waals surface area contributed by atoms with E-state index in [9.17, 15) is 9.59 Å². The number of ketones is 2. The second-order valence-electron chi connectivity index (χ2n) is 4.50. The molecule has 0 aromatic rings. The molecule has 0 rings (SSSR count). The van der Waals surface area contributed by atoms with E-state index < -0.39 is 0 Å². The van der Waals surface area contributed by atoms with Gasteiger partial charge in [0.05, 0.1) is 6.42 Å². The van der Waals surface area contributed by atoms with E-state index in [0.29, 0.717) is 6.42 Å². The SMILES string of the molecule is CCCCCCCC(=O)CC(=O)C(C)C. The molecule has 0 bridgehead atoms. The predicted molar refractivity (Wildman–Crippen MR) is 62.8 cm³/mol. The Kier molecular flexibility index (Phi) is 8.25. The third-order valence-corrected chi connectivity index (χ3v) is 2.57. The quantitative estimate of drug-likeness (QED) is 0.433. The summed E-state index contributed by atoms with van der Waals surface area (Å²) in [6, 6.07) is 0. The molecular formula is C13H24O2. The second kappa shape index (κ2) is 8.63. The maximum absolute atomic E-state index is 11.4. The fraction of sp³-hybridized carbons (Fsp3) is 0.846. The van der Waals surface area contributed by atoms with E-state index in [0.717, 1.165) is 12.8 Å². The van der Waals surface area contributed by atoms with Gasteiger partial charge >= 0.3 is 0 Å². The molecule has 0 N–H and O–H groups in total. The lowest BCUT2D eigenvalue weighted by atomic mass is 10.0. The minimum atomic E-state index is -0.00552. The molecule has 0 aliphatic carbocycles. The number of unbranched alkanes of at least 4 members (excludes halogenated alkanes) is 4. The van der Waals surface area contributed by atoms with Gasteiger partial charge in [0.1, 0.15) is 11.6 Å². The summed E-state index contributed by atoms with van der Waals surface area (Å²) in [5.74, 6) is 0.188. The summed E-state index contributed by atoms with van der Waals surface area (Å²) >= 11 is 0. The Morgan fingerprint density at radius 3 is 2.13 bits per heavy atom. The maximum Gasteiger partial charge on any atom is 0.142 e. The van der Waals surface area contributed by atoms with Crippen molar-refractivity contribution in [1.29, 1.82) is 0 Å². The van der Waals surface area contributed by atoms with Crippen molar-refractivity contribution in [1.82, 2.24) is 0 Å². The first kappa shape index (κ1) is 14.3. The number of hydrogen-bond acceptors (Lipinski definition) is 2. The van der Waals surface area contributed by atoms with Gasteiger partial charge in [-0.25, -0.2) is 0 Å². The molecule has 0 aliphatic rings. The summed E-state index contributed by atoms with van der Waals surface area (Å²) in [5.41, 5.74) is 0. The van der Waals surface area contributed by atoms with Gasteiger partial charge in [-0.15, -0.1) is 0 Å². The van der Waals surface area contributed by atoms with E-state index in [1.807, 2.05) is 13.8 Å². The number of Topliss-reactive ketones (excluding diaryl/α,β-unsaturated/α-hetero) is 2. The summed E-state index contributed by atoms with van der Waals surface area (Å²) < 4.78 is 0. The zero-order valence-corrected chi connectivity index (χ0v) is 10.3. The lowest BCUT2D eigenvalue weighted by molar-refractivity contribution is -0.128. The number of carbonyl (C=O) groups is 2. The van der Waals surface area contributed by atoms with E-state index in [4.69, 9.17) is 0 Å². The fourth-order valence-corrected chi connectivity index (χ4v) is 1.41. The van der Waals surface area contributed by atoms with Crippen LogP contribution in [-0.2, 0) is 9.59 Å². The van der Waals surface area contributed by atoms with Crippen molar-refractivity contribution in [3.63, 3.8) is 0 Å². The molecule has 0 fully saturated rings. The highest BCUT2D eigenvalue weighted by Gasteiger charge is 2.12. The molecule has 0 atom stereocenters. The Morgan fingerprint density at radius 1 is 1.00 bits per heavy atom. The van der Waals surface area contributed by atoms with E-state index in [1.54, 1.807) is 0 Å². The van der Waals surface area contributed by atoms with Crippen LogP contribution < -0.4 is 0 Å². The van der Waals surface area contributed by atoms with Crippen LogP contribution in [0, 0.1) is 5.92 Å². The molecular weight excluding hydrogens is 188 g/mol. The zero-order valence-electron chi connectivity index (χ0n) is 10.3. The van der Waals surface area contributed by atoms with Gasteiger partial charge in [0.15, 0.2) is 0 Å². The summed E-state index contributed by atoms with van der Waals surface area (Å²) in [5, 5.41) is 0. The van der Waals surface area contributed by atoms with Crippen molar-refractivity contribution in [2.45, 2.75) is 65.7 Å². The average Bonchev–Trinajstić information content (AvgIpc) is 2.17. The Balaban J connectivity index is 3.45. The smallest absolute Gasteiger partial charge is 0.142 e. The van der Waals surface area contributed by atoms with Crippen LogP contribution in [0.1, 0.15) is 65.7 Å². The van der Waals surface area contributed by atoms with Crippen LogP contribution in [0.15, 0.2) is 0 Å². The van der Waals surface area contributed by atoms with Gasteiger partial charge in [-0.1, -0.05) is 46.5 Å². The second-order valence-corrected chi connectivity index (χ2v) is 4.50. The van der Waals surface area contributed by atoms with Crippen LogP contribution in [0.3, 0.4) is 0 Å². The maximum atomic E-state index is 11.4. The summed E-state index contributed by atoms with van der Waals surface area (Å²) in [6.07, 6.45) is 6.48. The highest BCUT2D eigenvalue weighted by Crippen LogP contribution is 2.08. The van der Waals surface area contributed by atoms with Gasteiger partial charge < -0.3 is 0 Å². The Bertz CT molecular complexity index is 195.